The smallest absolute Gasteiger partial charge is 0.141 e. The zero-order valence-corrected chi connectivity index (χ0v) is 11.1. The highest BCUT2D eigenvalue weighted by Gasteiger charge is 2.18. The third-order valence-corrected chi connectivity index (χ3v) is 4.00. The molecule has 1 aromatic heterocycles. The van der Waals surface area contributed by atoms with Gasteiger partial charge in [-0.3, -0.25) is 0 Å². The normalized spacial score (nSPS) is 15.7. The van der Waals surface area contributed by atoms with Crippen LogP contribution in [0.25, 0.3) is 11.1 Å². The number of benzene rings is 1. The van der Waals surface area contributed by atoms with E-state index in [9.17, 15) is 0 Å². The van der Waals surface area contributed by atoms with Crippen molar-refractivity contribution >= 4 is 0 Å². The van der Waals surface area contributed by atoms with Crippen LogP contribution in [0.5, 0.6) is 0 Å². The first-order valence-electron chi connectivity index (χ1n) is 6.76. The number of aromatic nitrogens is 1. The van der Waals surface area contributed by atoms with Gasteiger partial charge in [0.1, 0.15) is 5.76 Å². The molecule has 0 N–H and O–H groups in total. The molecule has 2 nitrogen and oxygen atoms in total. The largest absolute Gasteiger partial charge is 0.361 e. The second kappa shape index (κ2) is 4.60. The van der Waals surface area contributed by atoms with Crippen molar-refractivity contribution in [3.63, 3.8) is 0 Å². The Morgan fingerprint density at radius 1 is 1.28 bits per heavy atom. The lowest BCUT2D eigenvalue weighted by molar-refractivity contribution is 0.314. The second-order valence-electron chi connectivity index (χ2n) is 5.40. The van der Waals surface area contributed by atoms with E-state index < -0.39 is 0 Å². The molecule has 94 valence electrons. The lowest BCUT2D eigenvalue weighted by Gasteiger charge is -2.25. The van der Waals surface area contributed by atoms with E-state index in [4.69, 9.17) is 4.52 Å². The summed E-state index contributed by atoms with van der Waals surface area (Å²) in [6, 6.07) is 8.83. The molecule has 3 rings (SSSR count). The average molecular weight is 241 g/mol. The Balaban J connectivity index is 1.90. The molecule has 2 heteroatoms. The molecule has 0 atom stereocenters. The van der Waals surface area contributed by atoms with Gasteiger partial charge in [-0.15, -0.1) is 0 Å². The van der Waals surface area contributed by atoms with Gasteiger partial charge in [-0.25, -0.2) is 0 Å². The summed E-state index contributed by atoms with van der Waals surface area (Å²) < 4.78 is 5.25. The first-order chi connectivity index (χ1) is 8.74. The minimum Gasteiger partial charge on any atom is -0.361 e. The van der Waals surface area contributed by atoms with Crippen molar-refractivity contribution in [2.45, 2.75) is 39.5 Å². The Kier molecular flexibility index (Phi) is 2.94. The number of rotatable bonds is 3. The monoisotopic (exact) mass is 241 g/mol. The van der Waals surface area contributed by atoms with Crippen LogP contribution in [-0.4, -0.2) is 5.16 Å². The van der Waals surface area contributed by atoms with E-state index in [1.807, 2.05) is 13.8 Å². The minimum atomic E-state index is 0.907. The fraction of sp³-hybridized carbons (Fsp3) is 0.438. The summed E-state index contributed by atoms with van der Waals surface area (Å²) in [7, 11) is 0. The van der Waals surface area contributed by atoms with E-state index >= 15 is 0 Å². The highest BCUT2D eigenvalue weighted by molar-refractivity contribution is 5.68. The first-order valence-corrected chi connectivity index (χ1v) is 6.76. The number of nitrogens with zero attached hydrogens (tertiary/aromatic N) is 1. The van der Waals surface area contributed by atoms with Crippen LogP contribution < -0.4 is 0 Å². The summed E-state index contributed by atoms with van der Waals surface area (Å²) in [5.74, 6) is 1.82. The van der Waals surface area contributed by atoms with Crippen molar-refractivity contribution in [1.29, 1.82) is 0 Å². The van der Waals surface area contributed by atoms with Gasteiger partial charge in [0.05, 0.1) is 5.69 Å². The van der Waals surface area contributed by atoms with Gasteiger partial charge in [0.2, 0.25) is 0 Å². The molecule has 0 amide bonds. The zero-order valence-electron chi connectivity index (χ0n) is 11.1. The van der Waals surface area contributed by atoms with Crippen molar-refractivity contribution < 1.29 is 4.52 Å². The highest BCUT2D eigenvalue weighted by Crippen LogP contribution is 2.32. The fourth-order valence-electron chi connectivity index (χ4n) is 2.78. The maximum absolute atomic E-state index is 5.25. The summed E-state index contributed by atoms with van der Waals surface area (Å²) in [4.78, 5) is 0. The Morgan fingerprint density at radius 3 is 2.72 bits per heavy atom. The second-order valence-corrected chi connectivity index (χ2v) is 5.40. The number of aryl methyl sites for hydroxylation is 2. The summed E-state index contributed by atoms with van der Waals surface area (Å²) in [5, 5.41) is 4.04. The Hall–Kier alpha value is -1.57. The van der Waals surface area contributed by atoms with E-state index in [1.54, 1.807) is 0 Å². The Bertz CT molecular complexity index is 532. The van der Waals surface area contributed by atoms with E-state index in [0.717, 1.165) is 22.9 Å². The lowest BCUT2D eigenvalue weighted by atomic mass is 9.80. The zero-order chi connectivity index (χ0) is 12.5. The standard InChI is InChI=1S/C16H19NO/c1-11-16(12(2)18-17-11)15-8-4-7-14(10-15)9-13-5-3-6-13/h4,7-8,10,13H,3,5-6,9H2,1-2H3. The number of hydrogen-bond donors (Lipinski definition) is 0. The van der Waals surface area contributed by atoms with Crippen LogP contribution in [0.3, 0.4) is 0 Å². The van der Waals surface area contributed by atoms with Crippen LogP contribution in [0.1, 0.15) is 36.3 Å². The molecule has 1 fully saturated rings. The van der Waals surface area contributed by atoms with Gasteiger partial charge in [-0.2, -0.15) is 0 Å². The van der Waals surface area contributed by atoms with E-state index in [0.29, 0.717) is 0 Å². The minimum absolute atomic E-state index is 0.907. The SMILES string of the molecule is Cc1noc(C)c1-c1cccc(CC2CCC2)c1. The van der Waals surface area contributed by atoms with Crippen molar-refractivity contribution in [2.24, 2.45) is 5.92 Å². The quantitative estimate of drug-likeness (QED) is 0.800. The van der Waals surface area contributed by atoms with Gasteiger partial charge in [-0.05, 0) is 37.3 Å². The van der Waals surface area contributed by atoms with Gasteiger partial charge in [0.15, 0.2) is 0 Å². The van der Waals surface area contributed by atoms with Gasteiger partial charge >= 0.3 is 0 Å². The lowest BCUT2D eigenvalue weighted by Crippen LogP contribution is -2.13. The van der Waals surface area contributed by atoms with Gasteiger partial charge in [0, 0.05) is 5.56 Å². The molecule has 0 bridgehead atoms. The average Bonchev–Trinajstić information content (AvgIpc) is 2.64. The van der Waals surface area contributed by atoms with Crippen LogP contribution in [0.15, 0.2) is 28.8 Å². The molecule has 1 aromatic carbocycles. The summed E-state index contributed by atoms with van der Waals surface area (Å²) in [6.07, 6.45) is 5.43. The van der Waals surface area contributed by atoms with E-state index in [1.165, 1.54) is 36.8 Å². The Morgan fingerprint density at radius 2 is 2.11 bits per heavy atom. The first kappa shape index (κ1) is 11.5. The van der Waals surface area contributed by atoms with Crippen LogP contribution in [-0.2, 0) is 6.42 Å². The Labute approximate surface area is 108 Å². The summed E-state index contributed by atoms with van der Waals surface area (Å²) in [5.41, 5.74) is 4.82. The van der Waals surface area contributed by atoms with Crippen molar-refractivity contribution in [3.05, 3.63) is 41.3 Å². The predicted molar refractivity (Wildman–Crippen MR) is 72.5 cm³/mol. The molecular formula is C16H19NO. The fourth-order valence-corrected chi connectivity index (χ4v) is 2.78. The molecule has 1 saturated carbocycles. The van der Waals surface area contributed by atoms with Crippen LogP contribution in [0.2, 0.25) is 0 Å². The maximum Gasteiger partial charge on any atom is 0.141 e. The molecule has 0 radical (unpaired) electrons. The van der Waals surface area contributed by atoms with Crippen molar-refractivity contribution in [2.75, 3.05) is 0 Å². The molecule has 2 aromatic rings. The molecule has 0 unspecified atom stereocenters. The van der Waals surface area contributed by atoms with Crippen molar-refractivity contribution in [3.8, 4) is 11.1 Å². The molecule has 1 heterocycles. The van der Waals surface area contributed by atoms with Crippen LogP contribution >= 0.6 is 0 Å². The third kappa shape index (κ3) is 2.07. The topological polar surface area (TPSA) is 26.0 Å². The molecule has 0 aliphatic heterocycles. The summed E-state index contributed by atoms with van der Waals surface area (Å²) in [6.45, 7) is 3.98. The highest BCUT2D eigenvalue weighted by atomic mass is 16.5. The maximum atomic E-state index is 5.25. The van der Waals surface area contributed by atoms with E-state index in [-0.39, 0.29) is 0 Å². The summed E-state index contributed by atoms with van der Waals surface area (Å²) >= 11 is 0. The molecule has 0 saturated heterocycles. The molecular weight excluding hydrogens is 222 g/mol. The van der Waals surface area contributed by atoms with Gasteiger partial charge in [-0.1, -0.05) is 48.7 Å². The van der Waals surface area contributed by atoms with Crippen molar-refractivity contribution in [1.82, 2.24) is 5.16 Å². The molecule has 1 aliphatic carbocycles. The molecule has 0 spiro atoms. The van der Waals surface area contributed by atoms with Gasteiger partial charge in [0.25, 0.3) is 0 Å². The van der Waals surface area contributed by atoms with E-state index in [2.05, 4.69) is 29.4 Å². The third-order valence-electron chi connectivity index (χ3n) is 4.00. The molecule has 1 aliphatic rings. The van der Waals surface area contributed by atoms with Crippen LogP contribution in [0.4, 0.5) is 0 Å². The number of hydrogen-bond acceptors (Lipinski definition) is 2. The van der Waals surface area contributed by atoms with Gasteiger partial charge < -0.3 is 4.52 Å². The molecule has 18 heavy (non-hydrogen) atoms. The predicted octanol–water partition coefficient (Wildman–Crippen LogP) is 4.30. The van der Waals surface area contributed by atoms with Crippen LogP contribution in [0, 0.1) is 19.8 Å².